The molecule has 3 aliphatic heterocycles. The Balaban J connectivity index is 1.49. The van der Waals surface area contributed by atoms with Crippen molar-refractivity contribution in [2.75, 3.05) is 5.32 Å². The van der Waals surface area contributed by atoms with Gasteiger partial charge in [-0.15, -0.1) is 0 Å². The van der Waals surface area contributed by atoms with Crippen LogP contribution in [0.4, 0.5) is 5.69 Å². The van der Waals surface area contributed by atoms with Gasteiger partial charge < -0.3 is 34.6 Å². The Kier molecular flexibility index (Phi) is 6.36. The fourth-order valence-corrected chi connectivity index (χ4v) is 6.38. The van der Waals surface area contributed by atoms with E-state index in [2.05, 4.69) is 20.9 Å². The van der Waals surface area contributed by atoms with Gasteiger partial charge in [0.1, 0.15) is 35.1 Å². The fraction of sp³-hybridized carbons (Fsp3) is 0.394. The average Bonchev–Trinajstić information content (AvgIpc) is 3.75. The van der Waals surface area contributed by atoms with Gasteiger partial charge in [0.15, 0.2) is 17.7 Å². The lowest BCUT2D eigenvalue weighted by molar-refractivity contribution is -0.141. The zero-order valence-electron chi connectivity index (χ0n) is 25.2. The van der Waals surface area contributed by atoms with Crippen molar-refractivity contribution in [1.29, 1.82) is 0 Å². The van der Waals surface area contributed by atoms with Crippen LogP contribution >= 0.6 is 0 Å². The molecule has 1 spiro atoms. The number of ether oxygens (including phenoxy) is 1. The number of amides is 2. The number of anilines is 1. The Labute approximate surface area is 254 Å². The first-order valence-corrected chi connectivity index (χ1v) is 15.0. The van der Waals surface area contributed by atoms with E-state index < -0.39 is 41.1 Å². The number of rotatable bonds is 5. The van der Waals surface area contributed by atoms with Gasteiger partial charge in [-0.25, -0.2) is 9.97 Å². The number of hydrogen-bond acceptors (Lipinski definition) is 9. The number of fused-ring (bicyclic) bond motifs is 4. The molecule has 11 nitrogen and oxygen atoms in total. The van der Waals surface area contributed by atoms with E-state index in [-0.39, 0.29) is 24.7 Å². The summed E-state index contributed by atoms with van der Waals surface area (Å²) in [7, 11) is 0. The average molecular weight is 598 g/mol. The molecule has 44 heavy (non-hydrogen) atoms. The Hall–Kier alpha value is -4.64. The molecular formula is C33H35N5O6. The van der Waals surface area contributed by atoms with Crippen molar-refractivity contribution in [3.8, 4) is 17.3 Å². The van der Waals surface area contributed by atoms with Gasteiger partial charge in [-0.3, -0.25) is 9.59 Å². The summed E-state index contributed by atoms with van der Waals surface area (Å²) in [6.45, 7) is 8.90. The molecular weight excluding hydrogens is 562 g/mol. The Morgan fingerprint density at radius 1 is 1.18 bits per heavy atom. The van der Waals surface area contributed by atoms with E-state index in [1.807, 2.05) is 63.2 Å². The molecule has 5 heterocycles. The highest BCUT2D eigenvalue weighted by Gasteiger charge is 2.61. The molecule has 2 aromatic carbocycles. The second kappa shape index (κ2) is 9.95. The SMILES string of the molecule is CCC(C)(O)C(=O)N[C@H]1Cc2ccc3c(c2)C2(c4ccccc4NC2O3)c2oc(nc2-c2nc(C)co2)[C@H](C(C)C)NC1=O. The summed E-state index contributed by atoms with van der Waals surface area (Å²) in [5, 5.41) is 20.1. The third-order valence-corrected chi connectivity index (χ3v) is 9.04. The molecule has 0 fully saturated rings. The van der Waals surface area contributed by atoms with Gasteiger partial charge in [-0.05, 0) is 49.4 Å². The molecule has 4 bridgehead atoms. The molecule has 228 valence electrons. The molecule has 4 aromatic rings. The van der Waals surface area contributed by atoms with E-state index in [1.165, 1.54) is 6.92 Å². The van der Waals surface area contributed by atoms with Crippen molar-refractivity contribution in [3.63, 3.8) is 0 Å². The van der Waals surface area contributed by atoms with Crippen LogP contribution in [-0.4, -0.2) is 44.8 Å². The van der Waals surface area contributed by atoms with Crippen molar-refractivity contribution < 1.29 is 28.3 Å². The summed E-state index contributed by atoms with van der Waals surface area (Å²) in [6.07, 6.45) is 1.38. The molecule has 0 aliphatic carbocycles. The Morgan fingerprint density at radius 3 is 2.70 bits per heavy atom. The van der Waals surface area contributed by atoms with Gasteiger partial charge in [-0.2, -0.15) is 0 Å². The normalized spacial score (nSPS) is 24.6. The van der Waals surface area contributed by atoms with Gasteiger partial charge in [0.25, 0.3) is 5.91 Å². The van der Waals surface area contributed by atoms with Crippen LogP contribution < -0.4 is 20.7 Å². The topological polar surface area (TPSA) is 152 Å². The molecule has 2 aromatic heterocycles. The van der Waals surface area contributed by atoms with Crippen LogP contribution in [0, 0.1) is 12.8 Å². The van der Waals surface area contributed by atoms with E-state index in [1.54, 1.807) is 13.2 Å². The minimum Gasteiger partial charge on any atom is -0.469 e. The summed E-state index contributed by atoms with van der Waals surface area (Å²) in [5.41, 5.74) is 1.97. The smallest absolute Gasteiger partial charge is 0.252 e. The molecule has 11 heteroatoms. The molecule has 0 saturated heterocycles. The molecule has 2 amide bonds. The highest BCUT2D eigenvalue weighted by Crippen LogP contribution is 2.59. The van der Waals surface area contributed by atoms with Crippen LogP contribution in [0.25, 0.3) is 11.6 Å². The van der Waals surface area contributed by atoms with Gasteiger partial charge in [0, 0.05) is 17.7 Å². The van der Waals surface area contributed by atoms with Crippen molar-refractivity contribution in [3.05, 3.63) is 82.8 Å². The summed E-state index contributed by atoms with van der Waals surface area (Å²) < 4.78 is 19.2. The number of hydrogen-bond donors (Lipinski definition) is 4. The Bertz CT molecular complexity index is 1790. The quantitative estimate of drug-likeness (QED) is 0.266. The number of aromatic nitrogens is 2. The summed E-state index contributed by atoms with van der Waals surface area (Å²) in [6, 6.07) is 12.1. The lowest BCUT2D eigenvalue weighted by Gasteiger charge is -2.29. The number of nitrogens with zero attached hydrogens (tertiary/aromatic N) is 2. The highest BCUT2D eigenvalue weighted by molar-refractivity contribution is 5.91. The van der Waals surface area contributed by atoms with Crippen LogP contribution in [0.3, 0.4) is 0 Å². The van der Waals surface area contributed by atoms with Crippen molar-refractivity contribution in [1.82, 2.24) is 20.6 Å². The molecule has 0 saturated carbocycles. The van der Waals surface area contributed by atoms with Crippen molar-refractivity contribution in [2.45, 2.75) is 76.8 Å². The number of aryl methyl sites for hydroxylation is 1. The zero-order chi connectivity index (χ0) is 31.0. The van der Waals surface area contributed by atoms with Gasteiger partial charge >= 0.3 is 0 Å². The molecule has 3 unspecified atom stereocenters. The van der Waals surface area contributed by atoms with Gasteiger partial charge in [0.2, 0.25) is 17.7 Å². The van der Waals surface area contributed by atoms with Crippen LogP contribution in [0.5, 0.6) is 5.75 Å². The summed E-state index contributed by atoms with van der Waals surface area (Å²) in [4.78, 5) is 36.6. The maximum absolute atomic E-state index is 13.9. The van der Waals surface area contributed by atoms with Crippen LogP contribution in [0.2, 0.25) is 0 Å². The Morgan fingerprint density at radius 2 is 1.98 bits per heavy atom. The third kappa shape index (κ3) is 4.13. The fourth-order valence-electron chi connectivity index (χ4n) is 6.38. The van der Waals surface area contributed by atoms with Crippen molar-refractivity contribution in [2.24, 2.45) is 5.92 Å². The van der Waals surface area contributed by atoms with E-state index in [9.17, 15) is 14.7 Å². The molecule has 3 aliphatic rings. The first kappa shape index (κ1) is 28.1. The predicted octanol–water partition coefficient (Wildman–Crippen LogP) is 4.13. The van der Waals surface area contributed by atoms with Gasteiger partial charge in [-0.1, -0.05) is 51.1 Å². The lowest BCUT2D eigenvalue weighted by Crippen LogP contribution is -2.54. The van der Waals surface area contributed by atoms with E-state index in [4.69, 9.17) is 18.6 Å². The number of aliphatic hydroxyl groups is 1. The maximum Gasteiger partial charge on any atom is 0.252 e. The molecule has 0 radical (unpaired) electrons. The minimum absolute atomic E-state index is 0.141. The van der Waals surface area contributed by atoms with Crippen LogP contribution in [0.15, 0.2) is 57.6 Å². The number of carbonyl (C=O) groups is 2. The number of carbonyl (C=O) groups excluding carboxylic acids is 2. The first-order valence-electron chi connectivity index (χ1n) is 15.0. The van der Waals surface area contributed by atoms with Crippen molar-refractivity contribution >= 4 is 17.5 Å². The van der Waals surface area contributed by atoms with E-state index in [0.29, 0.717) is 28.8 Å². The number of benzene rings is 2. The second-order valence-corrected chi connectivity index (χ2v) is 12.4. The molecule has 7 rings (SSSR count). The van der Waals surface area contributed by atoms with Crippen LogP contribution in [0.1, 0.15) is 74.2 Å². The largest absolute Gasteiger partial charge is 0.469 e. The lowest BCUT2D eigenvalue weighted by atomic mass is 9.72. The third-order valence-electron chi connectivity index (χ3n) is 9.04. The number of para-hydroxylation sites is 1. The standard InChI is InChI=1S/C33H35N5O6/c1-6-32(5,41)30(40)35-22-14-18-11-12-23-20(13-18)33(19-9-7-8-10-21(19)36-31(33)43-23)26-25(28-34-17(4)15-42-28)38-29(44-26)24(16(2)3)37-27(22)39/h7-13,15-16,22,24,31,36,41H,6,14H2,1-5H3,(H,35,40)(H,37,39)/t22-,24-,31?,32?,33?/m0/s1. The van der Waals surface area contributed by atoms with E-state index >= 15 is 0 Å². The first-order chi connectivity index (χ1) is 21.0. The molecule has 4 N–H and O–H groups in total. The maximum atomic E-state index is 13.9. The monoisotopic (exact) mass is 597 g/mol. The number of oxazole rings is 2. The van der Waals surface area contributed by atoms with Gasteiger partial charge in [0.05, 0.1) is 5.69 Å². The highest BCUT2D eigenvalue weighted by atomic mass is 16.5. The predicted molar refractivity (Wildman–Crippen MR) is 160 cm³/mol. The second-order valence-electron chi connectivity index (χ2n) is 12.4. The van der Waals surface area contributed by atoms with Crippen LogP contribution in [-0.2, 0) is 21.4 Å². The summed E-state index contributed by atoms with van der Waals surface area (Å²) >= 11 is 0. The van der Waals surface area contributed by atoms with E-state index in [0.717, 1.165) is 22.4 Å². The zero-order valence-corrected chi connectivity index (χ0v) is 25.2. The molecule has 5 atom stereocenters. The summed E-state index contributed by atoms with van der Waals surface area (Å²) in [5.74, 6) is 0.547. The minimum atomic E-state index is -1.63. The number of nitrogens with one attached hydrogen (secondary N) is 3.